The largest absolute Gasteiger partial charge is 0.497 e. The molecule has 0 aliphatic rings. The molecule has 0 saturated carbocycles. The molecule has 3 aromatic rings. The van der Waals surface area contributed by atoms with Gasteiger partial charge in [-0.25, -0.2) is 0 Å². The highest BCUT2D eigenvalue weighted by atomic mass is 35.5. The Kier molecular flexibility index (Phi) is 5.07. The summed E-state index contributed by atoms with van der Waals surface area (Å²) in [5.41, 5.74) is 4.42. The van der Waals surface area contributed by atoms with E-state index < -0.39 is 0 Å². The SMILES string of the molecule is COc1ccc(Cc2cccc(-c3ccc(OC)cc3)c2Cl)cc1. The Hall–Kier alpha value is -2.45. The lowest BCUT2D eigenvalue weighted by molar-refractivity contribution is 0.414. The quantitative estimate of drug-likeness (QED) is 0.601. The van der Waals surface area contributed by atoms with E-state index in [1.54, 1.807) is 14.2 Å². The molecular weight excluding hydrogens is 320 g/mol. The van der Waals surface area contributed by atoms with Crippen molar-refractivity contribution in [3.05, 3.63) is 82.9 Å². The zero-order valence-corrected chi connectivity index (χ0v) is 14.5. The topological polar surface area (TPSA) is 18.5 Å². The molecule has 0 aliphatic heterocycles. The van der Waals surface area contributed by atoms with E-state index in [0.717, 1.165) is 39.6 Å². The Labute approximate surface area is 147 Å². The molecule has 3 aromatic carbocycles. The zero-order valence-electron chi connectivity index (χ0n) is 13.8. The van der Waals surface area contributed by atoms with Gasteiger partial charge in [0.1, 0.15) is 11.5 Å². The highest BCUT2D eigenvalue weighted by Crippen LogP contribution is 2.33. The predicted molar refractivity (Wildman–Crippen MR) is 99.2 cm³/mol. The fraction of sp³-hybridized carbons (Fsp3) is 0.143. The molecule has 2 nitrogen and oxygen atoms in total. The summed E-state index contributed by atoms with van der Waals surface area (Å²) in [4.78, 5) is 0. The van der Waals surface area contributed by atoms with Crippen LogP contribution in [0.25, 0.3) is 11.1 Å². The van der Waals surface area contributed by atoms with Gasteiger partial charge in [-0.2, -0.15) is 0 Å². The van der Waals surface area contributed by atoms with Gasteiger partial charge in [-0.05, 0) is 47.4 Å². The molecule has 122 valence electrons. The second-order valence-corrected chi connectivity index (χ2v) is 5.91. The lowest BCUT2D eigenvalue weighted by Gasteiger charge is -2.11. The smallest absolute Gasteiger partial charge is 0.118 e. The minimum Gasteiger partial charge on any atom is -0.497 e. The van der Waals surface area contributed by atoms with E-state index in [1.165, 1.54) is 5.56 Å². The molecule has 0 saturated heterocycles. The molecule has 0 unspecified atom stereocenters. The normalized spacial score (nSPS) is 10.5. The van der Waals surface area contributed by atoms with Gasteiger partial charge >= 0.3 is 0 Å². The van der Waals surface area contributed by atoms with Crippen molar-refractivity contribution in [3.63, 3.8) is 0 Å². The Balaban J connectivity index is 1.89. The first kappa shape index (κ1) is 16.4. The zero-order chi connectivity index (χ0) is 16.9. The lowest BCUT2D eigenvalue weighted by atomic mass is 9.99. The Morgan fingerprint density at radius 2 is 1.33 bits per heavy atom. The van der Waals surface area contributed by atoms with Crippen molar-refractivity contribution in [1.29, 1.82) is 0 Å². The first-order valence-electron chi connectivity index (χ1n) is 7.76. The van der Waals surface area contributed by atoms with Gasteiger partial charge in [0, 0.05) is 5.56 Å². The molecule has 0 radical (unpaired) electrons. The second-order valence-electron chi connectivity index (χ2n) is 5.53. The van der Waals surface area contributed by atoms with E-state index in [2.05, 4.69) is 18.2 Å². The van der Waals surface area contributed by atoms with Gasteiger partial charge in [0.05, 0.1) is 19.2 Å². The average molecular weight is 339 g/mol. The van der Waals surface area contributed by atoms with Crippen molar-refractivity contribution in [2.45, 2.75) is 6.42 Å². The Morgan fingerprint density at radius 1 is 0.750 bits per heavy atom. The van der Waals surface area contributed by atoms with Gasteiger partial charge in [-0.3, -0.25) is 0 Å². The van der Waals surface area contributed by atoms with Crippen LogP contribution in [-0.4, -0.2) is 14.2 Å². The number of halogens is 1. The number of methoxy groups -OCH3 is 2. The third-order valence-electron chi connectivity index (χ3n) is 4.03. The van der Waals surface area contributed by atoms with Crippen molar-refractivity contribution in [2.24, 2.45) is 0 Å². The van der Waals surface area contributed by atoms with Crippen LogP contribution in [0.5, 0.6) is 11.5 Å². The van der Waals surface area contributed by atoms with Crippen LogP contribution in [0, 0.1) is 0 Å². The summed E-state index contributed by atoms with van der Waals surface area (Å²) in [6.07, 6.45) is 0.785. The van der Waals surface area contributed by atoms with Gasteiger partial charge in [0.25, 0.3) is 0 Å². The monoisotopic (exact) mass is 338 g/mol. The van der Waals surface area contributed by atoms with E-state index in [0.29, 0.717) is 0 Å². The highest BCUT2D eigenvalue weighted by molar-refractivity contribution is 6.34. The first-order chi connectivity index (χ1) is 11.7. The summed E-state index contributed by atoms with van der Waals surface area (Å²) in [6, 6.07) is 22.2. The average Bonchev–Trinajstić information content (AvgIpc) is 2.64. The molecule has 0 bridgehead atoms. The van der Waals surface area contributed by atoms with Gasteiger partial charge in [0.15, 0.2) is 0 Å². The third kappa shape index (κ3) is 3.55. The number of hydrogen-bond acceptors (Lipinski definition) is 2. The van der Waals surface area contributed by atoms with Crippen molar-refractivity contribution >= 4 is 11.6 Å². The fourth-order valence-corrected chi connectivity index (χ4v) is 2.98. The molecule has 0 atom stereocenters. The van der Waals surface area contributed by atoms with Crippen LogP contribution >= 0.6 is 11.6 Å². The van der Waals surface area contributed by atoms with Crippen molar-refractivity contribution in [3.8, 4) is 22.6 Å². The van der Waals surface area contributed by atoms with Crippen LogP contribution in [0.3, 0.4) is 0 Å². The van der Waals surface area contributed by atoms with Gasteiger partial charge in [-0.15, -0.1) is 0 Å². The maximum atomic E-state index is 6.67. The molecule has 0 aliphatic carbocycles. The fourth-order valence-electron chi connectivity index (χ4n) is 2.67. The van der Waals surface area contributed by atoms with Gasteiger partial charge < -0.3 is 9.47 Å². The van der Waals surface area contributed by atoms with E-state index in [-0.39, 0.29) is 0 Å². The van der Waals surface area contributed by atoms with E-state index in [9.17, 15) is 0 Å². The molecule has 3 heteroatoms. The number of benzene rings is 3. The third-order valence-corrected chi connectivity index (χ3v) is 4.48. The summed E-state index contributed by atoms with van der Waals surface area (Å²) in [7, 11) is 3.33. The molecule has 0 fully saturated rings. The molecule has 3 rings (SSSR count). The van der Waals surface area contributed by atoms with E-state index >= 15 is 0 Å². The van der Waals surface area contributed by atoms with Crippen LogP contribution in [-0.2, 0) is 6.42 Å². The minimum atomic E-state index is 0.785. The molecule has 0 spiro atoms. The highest BCUT2D eigenvalue weighted by Gasteiger charge is 2.09. The summed E-state index contributed by atoms with van der Waals surface area (Å²) in [5, 5.41) is 0.790. The summed E-state index contributed by atoms with van der Waals surface area (Å²) in [5.74, 6) is 1.70. The van der Waals surface area contributed by atoms with Gasteiger partial charge in [-0.1, -0.05) is 54.1 Å². The van der Waals surface area contributed by atoms with Crippen LogP contribution in [0.1, 0.15) is 11.1 Å². The van der Waals surface area contributed by atoms with E-state index in [4.69, 9.17) is 21.1 Å². The summed E-state index contributed by atoms with van der Waals surface area (Å²) < 4.78 is 10.4. The van der Waals surface area contributed by atoms with Crippen LogP contribution in [0.2, 0.25) is 5.02 Å². The molecule has 0 heterocycles. The van der Waals surface area contributed by atoms with Crippen molar-refractivity contribution < 1.29 is 9.47 Å². The standard InChI is InChI=1S/C21H19ClO2/c1-23-18-10-6-15(7-11-18)14-17-4-3-5-20(21(17)22)16-8-12-19(24-2)13-9-16/h3-13H,14H2,1-2H3. The summed E-state index contributed by atoms with van der Waals surface area (Å²) in [6.45, 7) is 0. The van der Waals surface area contributed by atoms with Crippen LogP contribution in [0.4, 0.5) is 0 Å². The molecule has 0 amide bonds. The number of hydrogen-bond donors (Lipinski definition) is 0. The maximum absolute atomic E-state index is 6.67. The lowest BCUT2D eigenvalue weighted by Crippen LogP contribution is -1.92. The first-order valence-corrected chi connectivity index (χ1v) is 8.14. The minimum absolute atomic E-state index is 0.785. The van der Waals surface area contributed by atoms with Crippen molar-refractivity contribution in [2.75, 3.05) is 14.2 Å². The Bertz CT molecular complexity index is 808. The molecule has 0 aromatic heterocycles. The van der Waals surface area contributed by atoms with Crippen LogP contribution in [0.15, 0.2) is 66.7 Å². The van der Waals surface area contributed by atoms with Crippen LogP contribution < -0.4 is 9.47 Å². The van der Waals surface area contributed by atoms with Crippen molar-refractivity contribution in [1.82, 2.24) is 0 Å². The molecular formula is C21H19ClO2. The molecule has 0 N–H and O–H groups in total. The molecule has 24 heavy (non-hydrogen) atoms. The number of ether oxygens (including phenoxy) is 2. The maximum Gasteiger partial charge on any atom is 0.118 e. The number of rotatable bonds is 5. The van der Waals surface area contributed by atoms with Gasteiger partial charge in [0.2, 0.25) is 0 Å². The second kappa shape index (κ2) is 7.41. The Morgan fingerprint density at radius 3 is 1.92 bits per heavy atom. The predicted octanol–water partition coefficient (Wildman–Crippen LogP) is 5.62. The summed E-state index contributed by atoms with van der Waals surface area (Å²) >= 11 is 6.67. The van der Waals surface area contributed by atoms with E-state index in [1.807, 2.05) is 48.5 Å².